The van der Waals surface area contributed by atoms with Gasteiger partial charge in [0.05, 0.1) is 20.8 Å². The van der Waals surface area contributed by atoms with Crippen molar-refractivity contribution < 1.29 is 19.0 Å². The summed E-state index contributed by atoms with van der Waals surface area (Å²) in [5.41, 5.74) is 1.83. The molecule has 1 heterocycles. The molecule has 1 unspecified atom stereocenters. The highest BCUT2D eigenvalue weighted by atomic mass is 16.5. The van der Waals surface area contributed by atoms with Crippen molar-refractivity contribution in [3.05, 3.63) is 53.6 Å². The fraction of sp³-hybridized carbons (Fsp3) is 0.409. The molecule has 2 aromatic carbocycles. The van der Waals surface area contributed by atoms with Crippen molar-refractivity contribution in [1.82, 2.24) is 4.90 Å². The summed E-state index contributed by atoms with van der Waals surface area (Å²) >= 11 is 0. The summed E-state index contributed by atoms with van der Waals surface area (Å²) in [5, 5.41) is 0. The van der Waals surface area contributed by atoms with Crippen LogP contribution in [0.1, 0.15) is 28.8 Å². The number of carbonyl (C=O) groups excluding carboxylic acids is 1. The average Bonchev–Trinajstić information content (AvgIpc) is 2.72. The van der Waals surface area contributed by atoms with E-state index in [-0.39, 0.29) is 5.91 Å². The Morgan fingerprint density at radius 2 is 1.81 bits per heavy atom. The van der Waals surface area contributed by atoms with E-state index >= 15 is 0 Å². The van der Waals surface area contributed by atoms with Crippen molar-refractivity contribution in [2.45, 2.75) is 19.8 Å². The molecule has 1 amide bonds. The van der Waals surface area contributed by atoms with Gasteiger partial charge in [0.25, 0.3) is 5.91 Å². The van der Waals surface area contributed by atoms with Crippen LogP contribution in [-0.2, 0) is 0 Å². The number of hydrogen-bond acceptors (Lipinski definition) is 4. The molecular weight excluding hydrogens is 342 g/mol. The minimum atomic E-state index is 0.0241. The fourth-order valence-electron chi connectivity index (χ4n) is 3.39. The molecule has 27 heavy (non-hydrogen) atoms. The van der Waals surface area contributed by atoms with Crippen LogP contribution in [0.15, 0.2) is 42.5 Å². The third-order valence-electron chi connectivity index (χ3n) is 4.94. The van der Waals surface area contributed by atoms with Crippen molar-refractivity contribution >= 4 is 5.91 Å². The van der Waals surface area contributed by atoms with E-state index in [0.717, 1.165) is 25.1 Å². The molecule has 0 spiro atoms. The van der Waals surface area contributed by atoms with E-state index in [1.807, 2.05) is 29.2 Å². The SMILES string of the molecule is COc1ccc(C(=O)N2CCCC(COc3ccc(C)cc3)C2)cc1OC. The van der Waals surface area contributed by atoms with Gasteiger partial charge in [0, 0.05) is 24.6 Å². The molecule has 0 radical (unpaired) electrons. The normalized spacial score (nSPS) is 16.7. The second-order valence-electron chi connectivity index (χ2n) is 6.95. The van der Waals surface area contributed by atoms with Gasteiger partial charge in [0.1, 0.15) is 5.75 Å². The molecule has 1 saturated heterocycles. The zero-order valence-electron chi connectivity index (χ0n) is 16.2. The molecule has 1 fully saturated rings. The van der Waals surface area contributed by atoms with Crippen molar-refractivity contribution in [2.24, 2.45) is 5.92 Å². The fourth-order valence-corrected chi connectivity index (χ4v) is 3.39. The number of carbonyl (C=O) groups is 1. The van der Waals surface area contributed by atoms with Gasteiger partial charge in [-0.05, 0) is 50.1 Å². The van der Waals surface area contributed by atoms with E-state index in [0.29, 0.717) is 36.1 Å². The first-order valence-electron chi connectivity index (χ1n) is 9.31. The lowest BCUT2D eigenvalue weighted by Crippen LogP contribution is -2.41. The molecule has 1 aliphatic rings. The summed E-state index contributed by atoms with van der Waals surface area (Å²) in [6, 6.07) is 13.4. The van der Waals surface area contributed by atoms with Gasteiger partial charge in [-0.15, -0.1) is 0 Å². The smallest absolute Gasteiger partial charge is 0.254 e. The highest BCUT2D eigenvalue weighted by Gasteiger charge is 2.25. The quantitative estimate of drug-likeness (QED) is 0.774. The molecule has 1 atom stereocenters. The Bertz CT molecular complexity index is 772. The van der Waals surface area contributed by atoms with E-state index < -0.39 is 0 Å². The van der Waals surface area contributed by atoms with Gasteiger partial charge in [-0.2, -0.15) is 0 Å². The van der Waals surface area contributed by atoms with Gasteiger partial charge in [-0.25, -0.2) is 0 Å². The van der Waals surface area contributed by atoms with Crippen LogP contribution < -0.4 is 14.2 Å². The summed E-state index contributed by atoms with van der Waals surface area (Å²) in [4.78, 5) is 14.8. The number of hydrogen-bond donors (Lipinski definition) is 0. The lowest BCUT2D eigenvalue weighted by atomic mass is 9.98. The molecular formula is C22H27NO4. The third-order valence-corrected chi connectivity index (χ3v) is 4.94. The summed E-state index contributed by atoms with van der Waals surface area (Å²) in [6.07, 6.45) is 2.06. The number of benzene rings is 2. The molecule has 0 aromatic heterocycles. The molecule has 5 heteroatoms. The number of aryl methyl sites for hydroxylation is 1. The van der Waals surface area contributed by atoms with E-state index in [1.54, 1.807) is 32.4 Å². The molecule has 0 aliphatic carbocycles. The van der Waals surface area contributed by atoms with Crippen LogP contribution in [0.25, 0.3) is 0 Å². The summed E-state index contributed by atoms with van der Waals surface area (Å²) in [5.74, 6) is 2.43. The minimum absolute atomic E-state index is 0.0241. The Balaban J connectivity index is 1.61. The van der Waals surface area contributed by atoms with E-state index in [1.165, 1.54) is 5.56 Å². The standard InChI is InChI=1S/C22H27NO4/c1-16-6-9-19(10-7-16)27-15-17-5-4-12-23(14-17)22(24)18-8-11-20(25-2)21(13-18)26-3/h6-11,13,17H,4-5,12,14-15H2,1-3H3. The Morgan fingerprint density at radius 1 is 1.07 bits per heavy atom. The maximum absolute atomic E-state index is 12.9. The van der Waals surface area contributed by atoms with Crippen LogP contribution in [-0.4, -0.2) is 44.7 Å². The third kappa shape index (κ3) is 4.73. The minimum Gasteiger partial charge on any atom is -0.493 e. The van der Waals surface area contributed by atoms with Gasteiger partial charge < -0.3 is 19.1 Å². The number of ether oxygens (including phenoxy) is 3. The number of piperidine rings is 1. The van der Waals surface area contributed by atoms with Crippen LogP contribution in [0.5, 0.6) is 17.2 Å². The first kappa shape index (κ1) is 19.1. The first-order chi connectivity index (χ1) is 13.1. The number of rotatable bonds is 6. The average molecular weight is 369 g/mol. The molecule has 0 saturated carbocycles. The van der Waals surface area contributed by atoms with Crippen molar-refractivity contribution in [3.63, 3.8) is 0 Å². The van der Waals surface area contributed by atoms with Gasteiger partial charge >= 0.3 is 0 Å². The molecule has 144 valence electrons. The predicted octanol–water partition coefficient (Wildman–Crippen LogP) is 3.94. The van der Waals surface area contributed by atoms with Crippen LogP contribution in [0.2, 0.25) is 0 Å². The van der Waals surface area contributed by atoms with E-state index in [9.17, 15) is 4.79 Å². The number of nitrogens with zero attached hydrogens (tertiary/aromatic N) is 1. The molecule has 2 aromatic rings. The molecule has 5 nitrogen and oxygen atoms in total. The molecule has 1 aliphatic heterocycles. The second kappa shape index (κ2) is 8.80. The van der Waals surface area contributed by atoms with E-state index in [2.05, 4.69) is 6.92 Å². The highest BCUT2D eigenvalue weighted by Crippen LogP contribution is 2.29. The Kier molecular flexibility index (Phi) is 6.22. The summed E-state index contributed by atoms with van der Waals surface area (Å²) < 4.78 is 16.5. The predicted molar refractivity (Wildman–Crippen MR) is 105 cm³/mol. The van der Waals surface area contributed by atoms with Gasteiger partial charge in [-0.1, -0.05) is 17.7 Å². The van der Waals surface area contributed by atoms with Crippen molar-refractivity contribution in [2.75, 3.05) is 33.9 Å². The molecule has 0 bridgehead atoms. The topological polar surface area (TPSA) is 48.0 Å². The molecule has 3 rings (SSSR count). The number of methoxy groups -OCH3 is 2. The van der Waals surface area contributed by atoms with Crippen LogP contribution in [0, 0.1) is 12.8 Å². The monoisotopic (exact) mass is 369 g/mol. The van der Waals surface area contributed by atoms with Crippen LogP contribution in [0.4, 0.5) is 0 Å². The maximum atomic E-state index is 12.9. The van der Waals surface area contributed by atoms with Gasteiger partial charge in [0.2, 0.25) is 0 Å². The largest absolute Gasteiger partial charge is 0.493 e. The zero-order valence-corrected chi connectivity index (χ0v) is 16.2. The number of amides is 1. The summed E-state index contributed by atoms with van der Waals surface area (Å²) in [6.45, 7) is 4.16. The lowest BCUT2D eigenvalue weighted by molar-refractivity contribution is 0.0633. The first-order valence-corrected chi connectivity index (χ1v) is 9.31. The zero-order chi connectivity index (χ0) is 19.2. The Labute approximate surface area is 160 Å². The Morgan fingerprint density at radius 3 is 2.52 bits per heavy atom. The second-order valence-corrected chi connectivity index (χ2v) is 6.95. The maximum Gasteiger partial charge on any atom is 0.254 e. The van der Waals surface area contributed by atoms with Crippen molar-refractivity contribution in [1.29, 1.82) is 0 Å². The lowest BCUT2D eigenvalue weighted by Gasteiger charge is -2.32. The van der Waals surface area contributed by atoms with Crippen molar-refractivity contribution in [3.8, 4) is 17.2 Å². The highest BCUT2D eigenvalue weighted by molar-refractivity contribution is 5.95. The molecule has 0 N–H and O–H groups in total. The summed E-state index contributed by atoms with van der Waals surface area (Å²) in [7, 11) is 3.16. The Hall–Kier alpha value is -2.69. The van der Waals surface area contributed by atoms with Crippen LogP contribution in [0.3, 0.4) is 0 Å². The van der Waals surface area contributed by atoms with Crippen LogP contribution >= 0.6 is 0 Å². The van der Waals surface area contributed by atoms with Gasteiger partial charge in [0.15, 0.2) is 11.5 Å². The van der Waals surface area contributed by atoms with Gasteiger partial charge in [-0.3, -0.25) is 4.79 Å². The van der Waals surface area contributed by atoms with E-state index in [4.69, 9.17) is 14.2 Å². The number of likely N-dealkylation sites (tertiary alicyclic amines) is 1.